The summed E-state index contributed by atoms with van der Waals surface area (Å²) in [7, 11) is 0. The zero-order chi connectivity index (χ0) is 9.68. The normalized spacial score (nSPS) is 9.62. The fourth-order valence-corrected chi connectivity index (χ4v) is 0.878. The molecule has 0 atom stereocenters. The zero-order valence-corrected chi connectivity index (χ0v) is 6.91. The number of H-pyrrole nitrogens is 1. The first-order chi connectivity index (χ1) is 6.27. The van der Waals surface area contributed by atoms with Gasteiger partial charge in [-0.2, -0.15) is 0 Å². The van der Waals surface area contributed by atoms with Crippen molar-refractivity contribution in [3.8, 4) is 0 Å². The van der Waals surface area contributed by atoms with Gasteiger partial charge in [0, 0.05) is 6.54 Å². The number of aromatic amines is 1. The maximum atomic E-state index is 11.2. The molecule has 70 valence electrons. The minimum absolute atomic E-state index is 0.104. The molecule has 0 saturated heterocycles. The topological polar surface area (TPSA) is 82.2 Å². The molecule has 1 rings (SSSR count). The Morgan fingerprint density at radius 2 is 2.38 bits per heavy atom. The molecule has 0 unspecified atom stereocenters. The Hall–Kier alpha value is -1.62. The maximum absolute atomic E-state index is 11.2. The first kappa shape index (κ1) is 9.47. The molecule has 1 aromatic rings. The number of rotatable bonds is 4. The highest BCUT2D eigenvalue weighted by Crippen LogP contribution is 1.98. The van der Waals surface area contributed by atoms with Crippen molar-refractivity contribution in [3.05, 3.63) is 23.5 Å². The lowest BCUT2D eigenvalue weighted by atomic mass is 10.4. The predicted molar refractivity (Wildman–Crippen MR) is 45.6 cm³/mol. The van der Waals surface area contributed by atoms with Gasteiger partial charge in [-0.25, -0.2) is 0 Å². The Morgan fingerprint density at radius 1 is 1.62 bits per heavy atom. The number of carbonyl (C=O) groups is 2. The van der Waals surface area contributed by atoms with E-state index >= 15 is 0 Å². The Kier molecular flexibility index (Phi) is 3.22. The van der Waals surface area contributed by atoms with E-state index in [9.17, 15) is 9.59 Å². The number of hydrogen-bond donors (Lipinski definition) is 3. The van der Waals surface area contributed by atoms with E-state index in [-0.39, 0.29) is 19.1 Å². The highest BCUT2D eigenvalue weighted by Gasteiger charge is 2.06. The van der Waals surface area contributed by atoms with Gasteiger partial charge in [-0.3, -0.25) is 9.59 Å². The second kappa shape index (κ2) is 4.42. The molecular weight excluding hydrogens is 172 g/mol. The molecule has 0 bridgehead atoms. The summed E-state index contributed by atoms with van der Waals surface area (Å²) < 4.78 is 0. The van der Waals surface area contributed by atoms with Gasteiger partial charge in [0.1, 0.15) is 5.69 Å². The largest absolute Gasteiger partial charge is 0.395 e. The number of hydrogen-bond acceptors (Lipinski definition) is 3. The fourth-order valence-electron chi connectivity index (χ4n) is 0.878. The highest BCUT2D eigenvalue weighted by atomic mass is 16.3. The molecule has 1 amide bonds. The summed E-state index contributed by atoms with van der Waals surface area (Å²) in [4.78, 5) is 24.0. The number of aliphatic hydroxyl groups is 1. The van der Waals surface area contributed by atoms with Crippen LogP contribution in [0.15, 0.2) is 12.1 Å². The van der Waals surface area contributed by atoms with Crippen LogP contribution in [-0.2, 0) is 0 Å². The van der Waals surface area contributed by atoms with Gasteiger partial charge < -0.3 is 15.4 Å². The van der Waals surface area contributed by atoms with E-state index in [1.807, 2.05) is 0 Å². The van der Waals surface area contributed by atoms with E-state index < -0.39 is 0 Å². The van der Waals surface area contributed by atoms with Gasteiger partial charge in [-0.15, -0.1) is 0 Å². The second-order valence-corrected chi connectivity index (χ2v) is 2.42. The first-order valence-corrected chi connectivity index (χ1v) is 3.81. The summed E-state index contributed by atoms with van der Waals surface area (Å²) in [5.74, 6) is -0.331. The van der Waals surface area contributed by atoms with Gasteiger partial charge >= 0.3 is 0 Å². The van der Waals surface area contributed by atoms with E-state index in [2.05, 4.69) is 10.3 Å². The highest BCUT2D eigenvalue weighted by molar-refractivity contribution is 5.93. The van der Waals surface area contributed by atoms with Crippen LogP contribution in [0.25, 0.3) is 0 Å². The number of aliphatic hydroxyl groups excluding tert-OH is 1. The predicted octanol–water partition coefficient (Wildman–Crippen LogP) is -0.451. The second-order valence-electron chi connectivity index (χ2n) is 2.42. The third kappa shape index (κ3) is 2.41. The molecule has 0 aliphatic heterocycles. The minimum Gasteiger partial charge on any atom is -0.395 e. The summed E-state index contributed by atoms with van der Waals surface area (Å²) in [6, 6.07) is 3.03. The number of amides is 1. The zero-order valence-electron chi connectivity index (χ0n) is 6.91. The van der Waals surface area contributed by atoms with Crippen molar-refractivity contribution >= 4 is 12.2 Å². The summed E-state index contributed by atoms with van der Waals surface area (Å²) in [5.41, 5.74) is 0.671. The molecule has 3 N–H and O–H groups in total. The van der Waals surface area contributed by atoms with E-state index in [4.69, 9.17) is 5.11 Å². The van der Waals surface area contributed by atoms with Crippen molar-refractivity contribution in [3.63, 3.8) is 0 Å². The smallest absolute Gasteiger partial charge is 0.267 e. The van der Waals surface area contributed by atoms with Crippen molar-refractivity contribution in [2.45, 2.75) is 0 Å². The maximum Gasteiger partial charge on any atom is 0.267 e. The van der Waals surface area contributed by atoms with E-state index in [1.54, 1.807) is 0 Å². The van der Waals surface area contributed by atoms with Crippen LogP contribution >= 0.6 is 0 Å². The molecule has 0 fully saturated rings. The fraction of sp³-hybridized carbons (Fsp3) is 0.250. The van der Waals surface area contributed by atoms with Crippen molar-refractivity contribution in [2.75, 3.05) is 13.2 Å². The van der Waals surface area contributed by atoms with E-state index in [0.29, 0.717) is 17.7 Å². The average molecular weight is 182 g/mol. The average Bonchev–Trinajstić information content (AvgIpc) is 2.62. The molecule has 13 heavy (non-hydrogen) atoms. The van der Waals surface area contributed by atoms with Crippen molar-refractivity contribution in [2.24, 2.45) is 0 Å². The molecule has 0 saturated carbocycles. The Labute approximate surface area is 74.8 Å². The third-order valence-electron chi connectivity index (χ3n) is 1.48. The van der Waals surface area contributed by atoms with Crippen LogP contribution in [0.3, 0.4) is 0 Å². The van der Waals surface area contributed by atoms with Gasteiger partial charge in [0.2, 0.25) is 0 Å². The van der Waals surface area contributed by atoms with Crippen molar-refractivity contribution in [1.29, 1.82) is 0 Å². The molecule has 0 radical (unpaired) electrons. The number of aromatic nitrogens is 1. The summed E-state index contributed by atoms with van der Waals surface area (Å²) >= 11 is 0. The molecule has 0 spiro atoms. The lowest BCUT2D eigenvalue weighted by molar-refractivity contribution is 0.0940. The van der Waals surface area contributed by atoms with Gasteiger partial charge in [-0.05, 0) is 12.1 Å². The van der Waals surface area contributed by atoms with Crippen molar-refractivity contribution < 1.29 is 14.7 Å². The summed E-state index contributed by atoms with van der Waals surface area (Å²) in [5, 5.41) is 10.9. The standard InChI is InChI=1S/C8H10N2O3/c11-4-3-9-8(13)7-2-1-6(5-12)10-7/h1-2,5,10-11H,3-4H2,(H,9,13). The van der Waals surface area contributed by atoms with Crippen LogP contribution in [-0.4, -0.2) is 35.4 Å². The Balaban J connectivity index is 2.60. The number of nitrogens with one attached hydrogen (secondary N) is 2. The van der Waals surface area contributed by atoms with Crippen LogP contribution in [0.4, 0.5) is 0 Å². The molecule has 5 nitrogen and oxygen atoms in total. The number of carbonyl (C=O) groups excluding carboxylic acids is 2. The molecule has 0 aliphatic rings. The minimum atomic E-state index is -0.331. The van der Waals surface area contributed by atoms with Gasteiger partial charge in [0.05, 0.1) is 12.3 Å². The molecule has 1 aromatic heterocycles. The van der Waals surface area contributed by atoms with Gasteiger partial charge in [-0.1, -0.05) is 0 Å². The van der Waals surface area contributed by atoms with Crippen LogP contribution in [0, 0.1) is 0 Å². The first-order valence-electron chi connectivity index (χ1n) is 3.81. The van der Waals surface area contributed by atoms with Crippen molar-refractivity contribution in [1.82, 2.24) is 10.3 Å². The third-order valence-corrected chi connectivity index (χ3v) is 1.48. The molecule has 0 aliphatic carbocycles. The van der Waals surface area contributed by atoms with E-state index in [0.717, 1.165) is 0 Å². The Bertz CT molecular complexity index is 306. The van der Waals surface area contributed by atoms with Gasteiger partial charge in [0.25, 0.3) is 5.91 Å². The van der Waals surface area contributed by atoms with Crippen LogP contribution < -0.4 is 5.32 Å². The lowest BCUT2D eigenvalue weighted by Crippen LogP contribution is -2.26. The molecule has 5 heteroatoms. The van der Waals surface area contributed by atoms with Crippen LogP contribution in [0.2, 0.25) is 0 Å². The van der Waals surface area contributed by atoms with E-state index in [1.165, 1.54) is 12.1 Å². The van der Waals surface area contributed by atoms with Crippen LogP contribution in [0.5, 0.6) is 0 Å². The van der Waals surface area contributed by atoms with Gasteiger partial charge in [0.15, 0.2) is 6.29 Å². The molecule has 0 aromatic carbocycles. The lowest BCUT2D eigenvalue weighted by Gasteiger charge is -1.99. The summed E-state index contributed by atoms with van der Waals surface area (Å²) in [6.45, 7) is 0.0985. The summed E-state index contributed by atoms with van der Waals surface area (Å²) in [6.07, 6.45) is 0.628. The SMILES string of the molecule is O=Cc1ccc(C(=O)NCCO)[nH]1. The Morgan fingerprint density at radius 3 is 2.92 bits per heavy atom. The molecule has 1 heterocycles. The van der Waals surface area contributed by atoms with Crippen LogP contribution in [0.1, 0.15) is 21.0 Å². The quantitative estimate of drug-likeness (QED) is 0.551. The number of aldehydes is 1. The molecular formula is C8H10N2O3. The monoisotopic (exact) mass is 182 g/mol.